The first-order valence-electron chi connectivity index (χ1n) is 11.8. The molecule has 2 aromatic carbocycles. The van der Waals surface area contributed by atoms with Crippen molar-refractivity contribution in [3.8, 4) is 5.75 Å². The molecule has 0 saturated carbocycles. The summed E-state index contributed by atoms with van der Waals surface area (Å²) in [6.07, 6.45) is 3.01. The van der Waals surface area contributed by atoms with Crippen LogP contribution in [0, 0.1) is 0 Å². The van der Waals surface area contributed by atoms with E-state index in [1.165, 1.54) is 10.6 Å². The Hall–Kier alpha value is -3.69. The van der Waals surface area contributed by atoms with E-state index in [1.807, 2.05) is 54.6 Å². The predicted octanol–water partition coefficient (Wildman–Crippen LogP) is 1.52. The minimum absolute atomic E-state index is 0.152. The summed E-state index contributed by atoms with van der Waals surface area (Å²) in [5.74, 6) is -0.0343. The number of amides is 1. The van der Waals surface area contributed by atoms with Gasteiger partial charge in [0, 0.05) is 13.1 Å². The van der Waals surface area contributed by atoms with Crippen LogP contribution in [0.5, 0.6) is 5.75 Å². The lowest BCUT2D eigenvalue weighted by molar-refractivity contribution is -0.136. The zero-order chi connectivity index (χ0) is 25.3. The molecule has 188 valence electrons. The molecule has 0 bridgehead atoms. The van der Waals surface area contributed by atoms with E-state index in [2.05, 4.69) is 0 Å². The van der Waals surface area contributed by atoms with Crippen LogP contribution in [0.25, 0.3) is 12.2 Å². The lowest BCUT2D eigenvalue weighted by Gasteiger charge is -2.26. The number of nitrogens with zero attached hydrogens (tertiary/aromatic N) is 2. The Morgan fingerprint density at radius 3 is 2.47 bits per heavy atom. The van der Waals surface area contributed by atoms with Crippen LogP contribution in [-0.4, -0.2) is 54.3 Å². The van der Waals surface area contributed by atoms with Gasteiger partial charge in [0.1, 0.15) is 23.6 Å². The predicted molar refractivity (Wildman–Crippen MR) is 137 cm³/mol. The van der Waals surface area contributed by atoms with Gasteiger partial charge in [-0.3, -0.25) is 14.2 Å². The fraction of sp³-hybridized carbons (Fsp3) is 0.296. The first kappa shape index (κ1) is 25.4. The van der Waals surface area contributed by atoms with Crippen LogP contribution in [0.2, 0.25) is 0 Å². The number of rotatable bonds is 8. The van der Waals surface area contributed by atoms with E-state index < -0.39 is 5.97 Å². The van der Waals surface area contributed by atoms with E-state index in [-0.39, 0.29) is 24.6 Å². The van der Waals surface area contributed by atoms with Crippen molar-refractivity contribution < 1.29 is 23.8 Å². The zero-order valence-electron chi connectivity index (χ0n) is 20.1. The Labute approximate surface area is 212 Å². The van der Waals surface area contributed by atoms with Crippen molar-refractivity contribution in [3.05, 3.63) is 85.3 Å². The van der Waals surface area contributed by atoms with Gasteiger partial charge in [-0.15, -0.1) is 11.3 Å². The summed E-state index contributed by atoms with van der Waals surface area (Å²) < 4.78 is 18.3. The number of carbonyl (C=O) groups is 2. The average Bonchev–Trinajstić information content (AvgIpc) is 3.18. The van der Waals surface area contributed by atoms with Gasteiger partial charge in [-0.1, -0.05) is 42.5 Å². The third kappa shape index (κ3) is 6.71. The fourth-order valence-corrected chi connectivity index (χ4v) is 4.71. The number of ether oxygens (including phenoxy) is 3. The van der Waals surface area contributed by atoms with Crippen LogP contribution >= 0.6 is 11.3 Å². The molecule has 1 saturated heterocycles. The molecule has 1 aromatic heterocycles. The number of hydrogen-bond donors (Lipinski definition) is 0. The first-order valence-corrected chi connectivity index (χ1v) is 12.6. The van der Waals surface area contributed by atoms with E-state index in [4.69, 9.17) is 14.2 Å². The molecule has 1 aliphatic rings. The topological polar surface area (TPSA) is 87.1 Å². The Morgan fingerprint density at radius 2 is 1.78 bits per heavy atom. The van der Waals surface area contributed by atoms with Gasteiger partial charge in [0.05, 0.1) is 30.4 Å². The van der Waals surface area contributed by atoms with Crippen molar-refractivity contribution in [2.45, 2.75) is 20.1 Å². The van der Waals surface area contributed by atoms with Crippen molar-refractivity contribution in [2.24, 2.45) is 0 Å². The minimum atomic E-state index is -0.558. The second kappa shape index (κ2) is 12.3. The first-order chi connectivity index (χ1) is 17.5. The second-order valence-electron chi connectivity index (χ2n) is 8.07. The lowest BCUT2D eigenvalue weighted by Crippen LogP contribution is -2.45. The molecule has 4 rings (SSSR count). The fourth-order valence-electron chi connectivity index (χ4n) is 3.68. The maximum atomic E-state index is 13.2. The molecule has 0 spiro atoms. The zero-order valence-corrected chi connectivity index (χ0v) is 20.9. The van der Waals surface area contributed by atoms with E-state index in [0.717, 1.165) is 22.5 Å². The Morgan fingerprint density at radius 1 is 1.06 bits per heavy atom. The highest BCUT2D eigenvalue weighted by atomic mass is 32.1. The summed E-state index contributed by atoms with van der Waals surface area (Å²) in [5.41, 5.74) is 1.54. The Kier molecular flexibility index (Phi) is 8.70. The third-order valence-corrected chi connectivity index (χ3v) is 6.61. The highest BCUT2D eigenvalue weighted by molar-refractivity contribution is 7.07. The molecule has 9 heteroatoms. The van der Waals surface area contributed by atoms with Gasteiger partial charge in [-0.25, -0.2) is 4.79 Å². The van der Waals surface area contributed by atoms with Gasteiger partial charge >= 0.3 is 5.97 Å². The highest BCUT2D eigenvalue weighted by Gasteiger charge is 2.19. The Bertz CT molecular complexity index is 1360. The maximum absolute atomic E-state index is 13.2. The third-order valence-electron chi connectivity index (χ3n) is 5.55. The summed E-state index contributed by atoms with van der Waals surface area (Å²) in [5, 5.41) is 0. The maximum Gasteiger partial charge on any atom is 0.333 e. The van der Waals surface area contributed by atoms with Crippen LogP contribution < -0.4 is 19.5 Å². The molecule has 0 radical (unpaired) electrons. The molecule has 0 aliphatic carbocycles. The molecule has 36 heavy (non-hydrogen) atoms. The number of benzene rings is 2. The SMILES string of the molecule is CCOC(=O)C=c1sc(=Cc2ccc(OCc3ccccc3)cc2)c(=O)n1CC(=O)N1CCOCC1. The van der Waals surface area contributed by atoms with Crippen LogP contribution in [-0.2, 0) is 32.2 Å². The van der Waals surface area contributed by atoms with Gasteiger partial charge < -0.3 is 19.1 Å². The lowest BCUT2D eigenvalue weighted by atomic mass is 10.2. The van der Waals surface area contributed by atoms with Crippen molar-refractivity contribution in [1.82, 2.24) is 9.47 Å². The number of aromatic nitrogens is 1. The molecule has 0 unspecified atom stereocenters. The highest BCUT2D eigenvalue weighted by Crippen LogP contribution is 2.14. The molecule has 8 nitrogen and oxygen atoms in total. The quantitative estimate of drug-likeness (QED) is 0.429. The van der Waals surface area contributed by atoms with Crippen molar-refractivity contribution >= 4 is 35.4 Å². The van der Waals surface area contributed by atoms with Crippen molar-refractivity contribution in [3.63, 3.8) is 0 Å². The largest absolute Gasteiger partial charge is 0.489 e. The summed E-state index contributed by atoms with van der Waals surface area (Å²) in [7, 11) is 0. The number of hydrogen-bond acceptors (Lipinski definition) is 7. The minimum Gasteiger partial charge on any atom is -0.489 e. The summed E-state index contributed by atoms with van der Waals surface area (Å²) in [6, 6.07) is 17.3. The van der Waals surface area contributed by atoms with Gasteiger partial charge in [0.2, 0.25) is 5.91 Å². The molecule has 1 aliphatic heterocycles. The molecule has 3 aromatic rings. The smallest absolute Gasteiger partial charge is 0.333 e. The molecular formula is C27H28N2O6S. The van der Waals surface area contributed by atoms with Crippen molar-refractivity contribution in [1.29, 1.82) is 0 Å². The van der Waals surface area contributed by atoms with E-state index in [9.17, 15) is 14.4 Å². The van der Waals surface area contributed by atoms with Gasteiger partial charge in [-0.05, 0) is 36.3 Å². The van der Waals surface area contributed by atoms with Crippen LogP contribution in [0.3, 0.4) is 0 Å². The number of carbonyl (C=O) groups excluding carboxylic acids is 2. The number of morpholine rings is 1. The van der Waals surface area contributed by atoms with E-state index >= 15 is 0 Å². The standard InChI is InChI=1S/C27H28N2O6S/c1-2-34-26(31)17-25-29(18-24(30)28-12-14-33-15-13-28)27(32)23(36-25)16-20-8-10-22(11-9-20)35-19-21-6-4-3-5-7-21/h3-11,16-17H,2,12-15,18-19H2,1H3. The molecular weight excluding hydrogens is 480 g/mol. The van der Waals surface area contributed by atoms with Gasteiger partial charge in [0.25, 0.3) is 5.56 Å². The van der Waals surface area contributed by atoms with E-state index in [1.54, 1.807) is 17.9 Å². The van der Waals surface area contributed by atoms with Crippen molar-refractivity contribution in [2.75, 3.05) is 32.9 Å². The summed E-state index contributed by atoms with van der Waals surface area (Å²) >= 11 is 1.15. The van der Waals surface area contributed by atoms with Crippen LogP contribution in [0.1, 0.15) is 18.1 Å². The normalized spacial score (nSPS) is 14.6. The molecule has 1 amide bonds. The number of thiazole rings is 1. The second-order valence-corrected chi connectivity index (χ2v) is 9.14. The Balaban J connectivity index is 1.58. The molecule has 1 fully saturated rings. The summed E-state index contributed by atoms with van der Waals surface area (Å²) in [6.45, 7) is 4.13. The van der Waals surface area contributed by atoms with Gasteiger partial charge in [0.15, 0.2) is 0 Å². The summed E-state index contributed by atoms with van der Waals surface area (Å²) in [4.78, 5) is 39.8. The molecule has 0 atom stereocenters. The van der Waals surface area contributed by atoms with E-state index in [0.29, 0.717) is 47.9 Å². The van der Waals surface area contributed by atoms with Crippen LogP contribution in [0.4, 0.5) is 0 Å². The molecule has 0 N–H and O–H groups in total. The monoisotopic (exact) mass is 508 g/mol. The van der Waals surface area contributed by atoms with Crippen LogP contribution in [0.15, 0.2) is 59.4 Å². The van der Waals surface area contributed by atoms with Gasteiger partial charge in [-0.2, -0.15) is 0 Å². The molecule has 2 heterocycles. The number of esters is 1. The average molecular weight is 509 g/mol.